The lowest BCUT2D eigenvalue weighted by molar-refractivity contribution is -0.755. The minimum Gasteiger partial charge on any atom is -0.422 e. The van der Waals surface area contributed by atoms with Gasteiger partial charge in [0.25, 0.3) is 0 Å². The van der Waals surface area contributed by atoms with Crippen LogP contribution in [0.15, 0.2) is 45.7 Å². The summed E-state index contributed by atoms with van der Waals surface area (Å²) in [6.07, 6.45) is 5.23. The Morgan fingerprint density at radius 2 is 1.79 bits per heavy atom. The number of rotatable bonds is 3. The summed E-state index contributed by atoms with van der Waals surface area (Å²) in [6.45, 7) is 9.16. The van der Waals surface area contributed by atoms with Gasteiger partial charge in [0.2, 0.25) is 5.52 Å². The molecule has 24 heavy (non-hydrogen) atoms. The third kappa shape index (κ3) is 1.53. The van der Waals surface area contributed by atoms with Crippen LogP contribution in [0.4, 0.5) is 0 Å². The van der Waals surface area contributed by atoms with Crippen molar-refractivity contribution in [3.05, 3.63) is 52.5 Å². The first-order valence-electron chi connectivity index (χ1n) is 8.95. The Balaban J connectivity index is 2.38. The van der Waals surface area contributed by atoms with Crippen molar-refractivity contribution < 1.29 is 8.98 Å². The molecule has 3 aromatic rings. The fraction of sp³-hybridized carbons (Fsp3) is 0.429. The van der Waals surface area contributed by atoms with Crippen LogP contribution < -0.4 is 10.2 Å². The lowest BCUT2D eigenvalue weighted by atomic mass is 9.59. The van der Waals surface area contributed by atoms with E-state index in [-0.39, 0.29) is 16.6 Å². The van der Waals surface area contributed by atoms with Crippen LogP contribution in [0.1, 0.15) is 52.5 Å². The molecule has 1 atom stereocenters. The number of benzene rings is 1. The molecule has 3 heterocycles. The van der Waals surface area contributed by atoms with Gasteiger partial charge in [0, 0.05) is 18.9 Å². The maximum Gasteiger partial charge on any atom is 0.350 e. The van der Waals surface area contributed by atoms with Crippen molar-refractivity contribution in [3.8, 4) is 0 Å². The molecule has 0 saturated heterocycles. The van der Waals surface area contributed by atoms with Crippen molar-refractivity contribution in [2.24, 2.45) is 0 Å². The van der Waals surface area contributed by atoms with E-state index in [1.807, 2.05) is 24.3 Å². The topological polar surface area (TPSA) is 34.1 Å². The number of hydrogen-bond acceptors (Lipinski definition) is 2. The zero-order valence-corrected chi connectivity index (χ0v) is 14.8. The van der Waals surface area contributed by atoms with E-state index in [2.05, 4.69) is 44.5 Å². The van der Waals surface area contributed by atoms with Crippen LogP contribution in [0.5, 0.6) is 0 Å². The Bertz CT molecular complexity index is 1010. The second-order valence-corrected chi connectivity index (χ2v) is 7.13. The number of hydrogen-bond donors (Lipinski definition) is 0. The first-order chi connectivity index (χ1) is 11.5. The van der Waals surface area contributed by atoms with E-state index in [0.29, 0.717) is 11.0 Å². The third-order valence-corrected chi connectivity index (χ3v) is 6.64. The standard InChI is InChI=1S/C21H24NO2/c1-5-20(4)15-11-8-12-16-17(15)18-14(19(23)24-16)10-9-13-22(18)21(20,6-2)7-3/h8-13H,5-7H2,1-4H3/q+1. The normalized spacial score (nSPS) is 21.7. The van der Waals surface area contributed by atoms with Crippen molar-refractivity contribution in [2.45, 2.75) is 57.9 Å². The number of pyridine rings is 1. The Hall–Kier alpha value is -2.16. The van der Waals surface area contributed by atoms with Gasteiger partial charge in [0.05, 0.1) is 10.8 Å². The summed E-state index contributed by atoms with van der Waals surface area (Å²) < 4.78 is 8.02. The van der Waals surface area contributed by atoms with E-state index in [9.17, 15) is 4.79 Å². The molecule has 2 aromatic heterocycles. The fourth-order valence-corrected chi connectivity index (χ4v) is 5.17. The van der Waals surface area contributed by atoms with Crippen LogP contribution in [0, 0.1) is 0 Å². The lowest BCUT2D eigenvalue weighted by Gasteiger charge is -2.46. The van der Waals surface area contributed by atoms with E-state index in [1.165, 1.54) is 5.56 Å². The zero-order chi connectivity index (χ0) is 17.1. The summed E-state index contributed by atoms with van der Waals surface area (Å²) in [7, 11) is 0. The van der Waals surface area contributed by atoms with Crippen molar-refractivity contribution in [1.82, 2.24) is 0 Å². The Labute approximate surface area is 141 Å². The predicted molar refractivity (Wildman–Crippen MR) is 96.4 cm³/mol. The first kappa shape index (κ1) is 15.4. The molecule has 1 aromatic carbocycles. The first-order valence-corrected chi connectivity index (χ1v) is 8.95. The lowest BCUT2D eigenvalue weighted by Crippen LogP contribution is -2.67. The van der Waals surface area contributed by atoms with Crippen LogP contribution in [0.25, 0.3) is 21.9 Å². The van der Waals surface area contributed by atoms with Gasteiger partial charge in [-0.3, -0.25) is 0 Å². The van der Waals surface area contributed by atoms with Crippen molar-refractivity contribution >= 4 is 21.9 Å². The largest absolute Gasteiger partial charge is 0.422 e. The van der Waals surface area contributed by atoms with Gasteiger partial charge in [-0.15, -0.1) is 0 Å². The van der Waals surface area contributed by atoms with Gasteiger partial charge in [0.15, 0.2) is 11.7 Å². The summed E-state index contributed by atoms with van der Waals surface area (Å²) in [5, 5.41) is 1.79. The van der Waals surface area contributed by atoms with E-state index in [1.54, 1.807) is 0 Å². The maximum absolute atomic E-state index is 12.5. The smallest absolute Gasteiger partial charge is 0.350 e. The molecule has 0 spiro atoms. The van der Waals surface area contributed by atoms with Crippen LogP contribution in [-0.4, -0.2) is 0 Å². The van der Waals surface area contributed by atoms with Crippen molar-refractivity contribution in [2.75, 3.05) is 0 Å². The molecule has 3 nitrogen and oxygen atoms in total. The van der Waals surface area contributed by atoms with E-state index >= 15 is 0 Å². The Kier molecular flexibility index (Phi) is 3.15. The second-order valence-electron chi connectivity index (χ2n) is 7.13. The van der Waals surface area contributed by atoms with Crippen LogP contribution in [0.3, 0.4) is 0 Å². The second kappa shape index (κ2) is 4.92. The minimum absolute atomic E-state index is 0.0120. The molecule has 3 heteroatoms. The third-order valence-electron chi connectivity index (χ3n) is 6.64. The van der Waals surface area contributed by atoms with Gasteiger partial charge in [0.1, 0.15) is 11.0 Å². The van der Waals surface area contributed by atoms with Crippen LogP contribution in [0.2, 0.25) is 0 Å². The molecule has 0 aliphatic carbocycles. The molecule has 4 rings (SSSR count). The molecule has 124 valence electrons. The highest BCUT2D eigenvalue weighted by Gasteiger charge is 2.57. The minimum atomic E-state index is -0.245. The molecular formula is C21H24NO2+. The van der Waals surface area contributed by atoms with Crippen LogP contribution >= 0.6 is 0 Å². The maximum atomic E-state index is 12.5. The van der Waals surface area contributed by atoms with Crippen molar-refractivity contribution in [1.29, 1.82) is 0 Å². The van der Waals surface area contributed by atoms with Crippen LogP contribution in [-0.2, 0) is 11.0 Å². The van der Waals surface area contributed by atoms with E-state index in [4.69, 9.17) is 4.42 Å². The summed E-state index contributed by atoms with van der Waals surface area (Å²) in [6, 6.07) is 10.0. The highest BCUT2D eigenvalue weighted by atomic mass is 16.4. The average Bonchev–Trinajstić information content (AvgIpc) is 2.62. The number of aromatic nitrogens is 1. The molecule has 0 amide bonds. The quantitative estimate of drug-likeness (QED) is 0.406. The highest BCUT2D eigenvalue weighted by Crippen LogP contribution is 2.50. The summed E-state index contributed by atoms with van der Waals surface area (Å²) in [5.41, 5.74) is 2.74. The summed E-state index contributed by atoms with van der Waals surface area (Å²) >= 11 is 0. The monoisotopic (exact) mass is 322 g/mol. The van der Waals surface area contributed by atoms with Crippen molar-refractivity contribution in [3.63, 3.8) is 0 Å². The van der Waals surface area contributed by atoms with Gasteiger partial charge >= 0.3 is 5.63 Å². The molecule has 0 radical (unpaired) electrons. The van der Waals surface area contributed by atoms with Gasteiger partial charge in [-0.05, 0) is 31.0 Å². The zero-order valence-electron chi connectivity index (χ0n) is 14.8. The van der Waals surface area contributed by atoms with Gasteiger partial charge in [-0.25, -0.2) is 4.79 Å². The molecule has 0 bridgehead atoms. The molecule has 0 fully saturated rings. The molecule has 1 aliphatic rings. The van der Waals surface area contributed by atoms with Gasteiger partial charge in [-0.2, -0.15) is 4.57 Å². The summed E-state index contributed by atoms with van der Waals surface area (Å²) in [5.74, 6) is 0. The SMILES string of the molecule is CCC1(C)c2cccc3oc(=O)c4ccc[n+](c4c23)C1(CC)CC. The van der Waals surface area contributed by atoms with Gasteiger partial charge < -0.3 is 4.42 Å². The molecule has 0 N–H and O–H groups in total. The van der Waals surface area contributed by atoms with E-state index in [0.717, 1.165) is 30.2 Å². The molecule has 1 aliphatic heterocycles. The Morgan fingerprint density at radius 1 is 1.04 bits per heavy atom. The Morgan fingerprint density at radius 3 is 2.46 bits per heavy atom. The average molecular weight is 322 g/mol. The number of nitrogens with zero attached hydrogens (tertiary/aromatic N) is 1. The fourth-order valence-electron chi connectivity index (χ4n) is 5.17. The highest BCUT2D eigenvalue weighted by molar-refractivity contribution is 6.02. The molecular weight excluding hydrogens is 298 g/mol. The van der Waals surface area contributed by atoms with Gasteiger partial charge in [-0.1, -0.05) is 32.9 Å². The predicted octanol–water partition coefficient (Wildman–Crippen LogP) is 4.43. The molecule has 1 unspecified atom stereocenters. The van der Waals surface area contributed by atoms with E-state index < -0.39 is 0 Å². The summed E-state index contributed by atoms with van der Waals surface area (Å²) in [4.78, 5) is 12.5. The molecule has 0 saturated carbocycles.